The first-order valence-electron chi connectivity index (χ1n) is 6.79. The SMILES string of the molecule is COC(C(=O)N1CC(N)(C2CC2)C1)c1ccccc1. The van der Waals surface area contributed by atoms with Gasteiger partial charge in [-0.05, 0) is 24.3 Å². The molecule has 1 unspecified atom stereocenters. The van der Waals surface area contributed by atoms with Crippen LogP contribution in [0.2, 0.25) is 0 Å². The molecule has 0 spiro atoms. The fraction of sp³-hybridized carbons (Fsp3) is 0.533. The first kappa shape index (κ1) is 12.6. The van der Waals surface area contributed by atoms with Crippen molar-refractivity contribution in [3.05, 3.63) is 35.9 Å². The number of methoxy groups -OCH3 is 1. The second kappa shape index (κ2) is 4.62. The zero-order valence-corrected chi connectivity index (χ0v) is 11.2. The Labute approximate surface area is 113 Å². The highest BCUT2D eigenvalue weighted by Gasteiger charge is 2.52. The lowest BCUT2D eigenvalue weighted by molar-refractivity contribution is -0.150. The summed E-state index contributed by atoms with van der Waals surface area (Å²) in [5.74, 6) is 0.643. The Balaban J connectivity index is 1.66. The zero-order chi connectivity index (χ0) is 13.5. The number of hydrogen-bond acceptors (Lipinski definition) is 3. The average molecular weight is 260 g/mol. The summed E-state index contributed by atoms with van der Waals surface area (Å²) in [5.41, 5.74) is 7.05. The Kier molecular flexibility index (Phi) is 3.07. The van der Waals surface area contributed by atoms with E-state index in [2.05, 4.69) is 0 Å². The van der Waals surface area contributed by atoms with E-state index in [-0.39, 0.29) is 11.4 Å². The molecule has 1 aliphatic carbocycles. The lowest BCUT2D eigenvalue weighted by atomic mass is 9.85. The van der Waals surface area contributed by atoms with Crippen molar-refractivity contribution in [3.63, 3.8) is 0 Å². The maximum atomic E-state index is 12.4. The topological polar surface area (TPSA) is 55.6 Å². The third-order valence-corrected chi connectivity index (χ3v) is 4.23. The largest absolute Gasteiger partial charge is 0.367 e. The number of nitrogens with zero attached hydrogens (tertiary/aromatic N) is 1. The summed E-state index contributed by atoms with van der Waals surface area (Å²) in [4.78, 5) is 14.3. The van der Waals surface area contributed by atoms with E-state index in [1.165, 1.54) is 12.8 Å². The fourth-order valence-electron chi connectivity index (χ4n) is 2.91. The van der Waals surface area contributed by atoms with Gasteiger partial charge in [-0.1, -0.05) is 30.3 Å². The molecular weight excluding hydrogens is 240 g/mol. The van der Waals surface area contributed by atoms with Gasteiger partial charge in [-0.3, -0.25) is 4.79 Å². The van der Waals surface area contributed by atoms with Crippen molar-refractivity contribution in [2.45, 2.75) is 24.5 Å². The zero-order valence-electron chi connectivity index (χ0n) is 11.2. The van der Waals surface area contributed by atoms with Gasteiger partial charge in [0.2, 0.25) is 0 Å². The van der Waals surface area contributed by atoms with E-state index in [0.29, 0.717) is 19.0 Å². The predicted molar refractivity (Wildman–Crippen MR) is 72.4 cm³/mol. The Morgan fingerprint density at radius 1 is 1.37 bits per heavy atom. The molecule has 1 saturated heterocycles. The van der Waals surface area contributed by atoms with Gasteiger partial charge in [0.05, 0.1) is 5.54 Å². The molecule has 2 N–H and O–H groups in total. The molecule has 102 valence electrons. The minimum atomic E-state index is -0.509. The Morgan fingerprint density at radius 2 is 2.00 bits per heavy atom. The second-order valence-electron chi connectivity index (χ2n) is 5.73. The quantitative estimate of drug-likeness (QED) is 0.888. The summed E-state index contributed by atoms with van der Waals surface area (Å²) in [7, 11) is 1.58. The molecule has 1 aromatic carbocycles. The number of amides is 1. The molecule has 1 heterocycles. The van der Waals surface area contributed by atoms with E-state index in [9.17, 15) is 4.79 Å². The fourth-order valence-corrected chi connectivity index (χ4v) is 2.91. The smallest absolute Gasteiger partial charge is 0.256 e. The van der Waals surface area contributed by atoms with Gasteiger partial charge in [0.15, 0.2) is 6.10 Å². The molecule has 1 aromatic rings. The number of carbonyl (C=O) groups excluding carboxylic acids is 1. The van der Waals surface area contributed by atoms with Crippen LogP contribution in [0.25, 0.3) is 0 Å². The Bertz CT molecular complexity index is 464. The van der Waals surface area contributed by atoms with Crippen molar-refractivity contribution in [2.24, 2.45) is 11.7 Å². The standard InChI is InChI=1S/C15H20N2O2/c1-19-13(11-5-3-2-4-6-11)14(18)17-9-15(16,10-17)12-7-8-12/h2-6,12-13H,7-10,16H2,1H3. The van der Waals surface area contributed by atoms with Crippen molar-refractivity contribution in [2.75, 3.05) is 20.2 Å². The normalized spacial score (nSPS) is 22.7. The van der Waals surface area contributed by atoms with E-state index in [1.54, 1.807) is 7.11 Å². The Morgan fingerprint density at radius 3 is 2.53 bits per heavy atom. The van der Waals surface area contributed by atoms with Crippen molar-refractivity contribution < 1.29 is 9.53 Å². The molecule has 4 nitrogen and oxygen atoms in total. The number of nitrogens with two attached hydrogens (primary N) is 1. The lowest BCUT2D eigenvalue weighted by Crippen LogP contribution is -2.70. The van der Waals surface area contributed by atoms with Crippen molar-refractivity contribution >= 4 is 5.91 Å². The van der Waals surface area contributed by atoms with Crippen LogP contribution < -0.4 is 5.73 Å². The minimum absolute atomic E-state index is 0.0235. The van der Waals surface area contributed by atoms with Crippen molar-refractivity contribution in [3.8, 4) is 0 Å². The molecule has 1 amide bonds. The maximum absolute atomic E-state index is 12.4. The van der Waals surface area contributed by atoms with E-state index >= 15 is 0 Å². The van der Waals surface area contributed by atoms with Gasteiger partial charge in [-0.25, -0.2) is 0 Å². The number of rotatable bonds is 4. The van der Waals surface area contributed by atoms with Crippen molar-refractivity contribution in [1.29, 1.82) is 0 Å². The molecule has 1 saturated carbocycles. The summed E-state index contributed by atoms with van der Waals surface area (Å²) in [6, 6.07) is 9.61. The van der Waals surface area contributed by atoms with E-state index in [4.69, 9.17) is 10.5 Å². The average Bonchev–Trinajstić information content (AvgIpc) is 3.21. The molecule has 19 heavy (non-hydrogen) atoms. The molecule has 0 aromatic heterocycles. The number of benzene rings is 1. The van der Waals surface area contributed by atoms with Gasteiger partial charge < -0.3 is 15.4 Å². The van der Waals surface area contributed by atoms with Crippen LogP contribution in [-0.4, -0.2) is 36.5 Å². The second-order valence-corrected chi connectivity index (χ2v) is 5.73. The maximum Gasteiger partial charge on any atom is 0.256 e. The summed E-state index contributed by atoms with van der Waals surface area (Å²) in [6.07, 6.45) is 1.92. The predicted octanol–water partition coefficient (Wildman–Crippen LogP) is 1.32. The first-order chi connectivity index (χ1) is 9.14. The van der Waals surface area contributed by atoms with E-state index in [1.807, 2.05) is 35.2 Å². The molecule has 2 fully saturated rings. The van der Waals surface area contributed by atoms with Crippen LogP contribution >= 0.6 is 0 Å². The van der Waals surface area contributed by atoms with Crippen LogP contribution in [-0.2, 0) is 9.53 Å². The highest BCUT2D eigenvalue weighted by atomic mass is 16.5. The highest BCUT2D eigenvalue weighted by molar-refractivity contribution is 5.83. The number of ether oxygens (including phenoxy) is 1. The Hall–Kier alpha value is -1.39. The van der Waals surface area contributed by atoms with Gasteiger partial charge in [0.1, 0.15) is 0 Å². The molecule has 1 atom stereocenters. The highest BCUT2D eigenvalue weighted by Crippen LogP contribution is 2.43. The summed E-state index contributed by atoms with van der Waals surface area (Å²) in [5, 5.41) is 0. The summed E-state index contributed by atoms with van der Waals surface area (Å²) in [6.45, 7) is 1.34. The van der Waals surface area contributed by atoms with Gasteiger partial charge in [0, 0.05) is 20.2 Å². The van der Waals surface area contributed by atoms with Crippen LogP contribution in [0.5, 0.6) is 0 Å². The van der Waals surface area contributed by atoms with E-state index in [0.717, 1.165) is 5.56 Å². The van der Waals surface area contributed by atoms with Crippen LogP contribution in [0.15, 0.2) is 30.3 Å². The van der Waals surface area contributed by atoms with Crippen molar-refractivity contribution in [1.82, 2.24) is 4.90 Å². The first-order valence-corrected chi connectivity index (χ1v) is 6.79. The monoisotopic (exact) mass is 260 g/mol. The van der Waals surface area contributed by atoms with Crippen LogP contribution in [0.3, 0.4) is 0 Å². The van der Waals surface area contributed by atoms with E-state index < -0.39 is 6.10 Å². The molecular formula is C15H20N2O2. The number of carbonyl (C=O) groups is 1. The summed E-state index contributed by atoms with van der Waals surface area (Å²) < 4.78 is 5.37. The van der Waals surface area contributed by atoms with Gasteiger partial charge in [0.25, 0.3) is 5.91 Å². The van der Waals surface area contributed by atoms with Gasteiger partial charge >= 0.3 is 0 Å². The molecule has 4 heteroatoms. The van der Waals surface area contributed by atoms with Crippen LogP contribution in [0.1, 0.15) is 24.5 Å². The van der Waals surface area contributed by atoms with Crippen LogP contribution in [0.4, 0.5) is 0 Å². The third-order valence-electron chi connectivity index (χ3n) is 4.23. The number of hydrogen-bond donors (Lipinski definition) is 1. The minimum Gasteiger partial charge on any atom is -0.367 e. The molecule has 0 bridgehead atoms. The molecule has 0 radical (unpaired) electrons. The summed E-state index contributed by atoms with van der Waals surface area (Å²) >= 11 is 0. The number of likely N-dealkylation sites (tertiary alicyclic amines) is 1. The van der Waals surface area contributed by atoms with Gasteiger partial charge in [-0.15, -0.1) is 0 Å². The lowest BCUT2D eigenvalue weighted by Gasteiger charge is -2.49. The third kappa shape index (κ3) is 2.26. The molecule has 2 aliphatic rings. The molecule has 3 rings (SSSR count). The van der Waals surface area contributed by atoms with Gasteiger partial charge in [-0.2, -0.15) is 0 Å². The van der Waals surface area contributed by atoms with Crippen LogP contribution in [0, 0.1) is 5.92 Å². The molecule has 1 aliphatic heterocycles.